The highest BCUT2D eigenvalue weighted by Gasteiger charge is 2.53. The zero-order valence-corrected chi connectivity index (χ0v) is 13.8. The summed E-state index contributed by atoms with van der Waals surface area (Å²) < 4.78 is 53.9. The van der Waals surface area contributed by atoms with Gasteiger partial charge in [0.1, 0.15) is 0 Å². The molecule has 0 aliphatic carbocycles. The highest BCUT2D eigenvalue weighted by atomic mass is 19.4. The molecule has 1 fully saturated rings. The fourth-order valence-electron chi connectivity index (χ4n) is 2.74. The number of halogens is 3. The van der Waals surface area contributed by atoms with Gasteiger partial charge >= 0.3 is 13.3 Å². The van der Waals surface area contributed by atoms with Crippen LogP contribution in [-0.2, 0) is 22.5 Å². The average molecular weight is 325 g/mol. The molecule has 124 valence electrons. The van der Waals surface area contributed by atoms with Gasteiger partial charge in [0.15, 0.2) is 0 Å². The Kier molecular flexibility index (Phi) is 3.40. The molecule has 1 aromatic carbocycles. The van der Waals surface area contributed by atoms with E-state index in [0.717, 1.165) is 11.5 Å². The first-order chi connectivity index (χ1) is 10.4. The van der Waals surface area contributed by atoms with Crippen LogP contribution in [-0.4, -0.2) is 22.9 Å². The van der Waals surface area contributed by atoms with Gasteiger partial charge in [-0.25, -0.2) is 0 Å². The van der Waals surface area contributed by atoms with E-state index in [4.69, 9.17) is 9.31 Å². The summed E-state index contributed by atoms with van der Waals surface area (Å²) in [5.41, 5.74) is -1.55. The van der Waals surface area contributed by atoms with Crippen molar-refractivity contribution in [3.63, 3.8) is 0 Å². The van der Waals surface area contributed by atoms with Crippen LogP contribution in [0.4, 0.5) is 13.2 Å². The van der Waals surface area contributed by atoms with Crippen LogP contribution >= 0.6 is 0 Å². The number of hydrogen-bond acceptors (Lipinski definition) is 2. The highest BCUT2D eigenvalue weighted by Crippen LogP contribution is 2.38. The lowest BCUT2D eigenvalue weighted by molar-refractivity contribution is -0.136. The van der Waals surface area contributed by atoms with Gasteiger partial charge in [-0.1, -0.05) is 6.07 Å². The Bertz CT molecular complexity index is 749. The molecule has 1 aliphatic rings. The number of hydrogen-bond donors (Lipinski definition) is 0. The number of rotatable bonds is 1. The quantitative estimate of drug-likeness (QED) is 0.749. The van der Waals surface area contributed by atoms with Gasteiger partial charge in [0.25, 0.3) is 0 Å². The monoisotopic (exact) mass is 325 g/mol. The Morgan fingerprint density at radius 1 is 1.04 bits per heavy atom. The Labute approximate surface area is 133 Å². The van der Waals surface area contributed by atoms with Gasteiger partial charge in [-0.05, 0) is 50.7 Å². The van der Waals surface area contributed by atoms with Crippen molar-refractivity contribution in [2.75, 3.05) is 0 Å². The summed E-state index contributed by atoms with van der Waals surface area (Å²) in [5.74, 6) is 0. The maximum atomic E-state index is 13.5. The zero-order valence-electron chi connectivity index (χ0n) is 13.8. The van der Waals surface area contributed by atoms with Crippen molar-refractivity contribution in [3.05, 3.63) is 30.0 Å². The van der Waals surface area contributed by atoms with E-state index in [2.05, 4.69) is 0 Å². The molecule has 3 nitrogen and oxygen atoms in total. The summed E-state index contributed by atoms with van der Waals surface area (Å²) in [5, 5.41) is 0.727. The molecule has 0 radical (unpaired) electrons. The zero-order chi connectivity index (χ0) is 17.2. The molecule has 0 spiro atoms. The average Bonchev–Trinajstić information content (AvgIpc) is 2.85. The molecule has 0 amide bonds. The van der Waals surface area contributed by atoms with Gasteiger partial charge in [-0.2, -0.15) is 13.2 Å². The van der Waals surface area contributed by atoms with E-state index in [0.29, 0.717) is 5.52 Å². The number of aryl methyl sites for hydroxylation is 1. The van der Waals surface area contributed by atoms with Crippen LogP contribution in [0.3, 0.4) is 0 Å². The van der Waals surface area contributed by atoms with Gasteiger partial charge in [-0.15, -0.1) is 0 Å². The van der Waals surface area contributed by atoms with E-state index in [-0.39, 0.29) is 5.46 Å². The maximum absolute atomic E-state index is 13.5. The maximum Gasteiger partial charge on any atom is 0.495 e. The van der Waals surface area contributed by atoms with Crippen molar-refractivity contribution < 1.29 is 22.5 Å². The van der Waals surface area contributed by atoms with Crippen molar-refractivity contribution in [1.82, 2.24) is 4.57 Å². The van der Waals surface area contributed by atoms with Crippen molar-refractivity contribution >= 4 is 23.5 Å². The minimum Gasteiger partial charge on any atom is -0.399 e. The Balaban J connectivity index is 2.17. The molecular weight excluding hydrogens is 306 g/mol. The highest BCUT2D eigenvalue weighted by molar-refractivity contribution is 6.63. The molecule has 23 heavy (non-hydrogen) atoms. The molecule has 0 bridgehead atoms. The van der Waals surface area contributed by atoms with Gasteiger partial charge in [-0.3, -0.25) is 0 Å². The second-order valence-corrected chi connectivity index (χ2v) is 7.01. The third-order valence-electron chi connectivity index (χ3n) is 4.87. The number of fused-ring (bicyclic) bond motifs is 1. The summed E-state index contributed by atoms with van der Waals surface area (Å²) in [6.45, 7) is 7.28. The van der Waals surface area contributed by atoms with Gasteiger partial charge in [0.2, 0.25) is 0 Å². The molecule has 7 heteroatoms. The van der Waals surface area contributed by atoms with Crippen LogP contribution in [0.5, 0.6) is 0 Å². The van der Waals surface area contributed by atoms with Crippen molar-refractivity contribution in [1.29, 1.82) is 0 Å². The lowest BCUT2D eigenvalue weighted by Gasteiger charge is -2.32. The van der Waals surface area contributed by atoms with Gasteiger partial charge in [0.05, 0.1) is 16.8 Å². The fraction of sp³-hybridized carbons (Fsp3) is 0.500. The van der Waals surface area contributed by atoms with E-state index >= 15 is 0 Å². The van der Waals surface area contributed by atoms with E-state index < -0.39 is 30.1 Å². The Hall–Kier alpha value is -1.47. The predicted octanol–water partition coefficient (Wildman–Crippen LogP) is 3.50. The van der Waals surface area contributed by atoms with Gasteiger partial charge < -0.3 is 13.9 Å². The smallest absolute Gasteiger partial charge is 0.399 e. The third-order valence-corrected chi connectivity index (χ3v) is 4.87. The van der Waals surface area contributed by atoms with Crippen LogP contribution in [0.2, 0.25) is 0 Å². The van der Waals surface area contributed by atoms with Crippen LogP contribution in [0.25, 0.3) is 10.9 Å². The minimum absolute atomic E-state index is 0.0230. The summed E-state index contributed by atoms with van der Waals surface area (Å²) in [6.07, 6.45) is -2.74. The SMILES string of the molecule is Cn1ccc2cc(B3OC(C)(C)C(C)(C)O3)c(C(F)(F)F)cc21. The van der Waals surface area contributed by atoms with Crippen molar-refractivity contribution in [2.45, 2.75) is 45.1 Å². The molecule has 0 unspecified atom stereocenters. The lowest BCUT2D eigenvalue weighted by atomic mass is 9.75. The van der Waals surface area contributed by atoms with Crippen LogP contribution in [0.15, 0.2) is 24.4 Å². The summed E-state index contributed by atoms with van der Waals surface area (Å²) in [7, 11) is 0.679. The molecule has 0 atom stereocenters. The molecule has 2 heterocycles. The Morgan fingerprint density at radius 3 is 2.13 bits per heavy atom. The second-order valence-electron chi connectivity index (χ2n) is 7.01. The Morgan fingerprint density at radius 2 is 1.61 bits per heavy atom. The molecule has 1 saturated heterocycles. The summed E-state index contributed by atoms with van der Waals surface area (Å²) >= 11 is 0. The largest absolute Gasteiger partial charge is 0.495 e. The summed E-state index contributed by atoms with van der Waals surface area (Å²) in [6, 6.07) is 4.46. The number of alkyl halides is 3. The molecule has 1 aliphatic heterocycles. The van der Waals surface area contributed by atoms with Crippen molar-refractivity contribution in [2.24, 2.45) is 7.05 Å². The number of aromatic nitrogens is 1. The first-order valence-corrected chi connectivity index (χ1v) is 7.44. The van der Waals surface area contributed by atoms with Crippen LogP contribution < -0.4 is 5.46 Å². The summed E-state index contributed by atoms with van der Waals surface area (Å²) in [4.78, 5) is 0. The molecule has 3 rings (SSSR count). The van der Waals surface area contributed by atoms with E-state index in [1.54, 1.807) is 23.9 Å². The minimum atomic E-state index is -4.47. The van der Waals surface area contributed by atoms with E-state index in [1.807, 2.05) is 27.7 Å². The second kappa shape index (κ2) is 4.77. The normalized spacial score (nSPS) is 20.4. The van der Waals surface area contributed by atoms with Crippen LogP contribution in [0.1, 0.15) is 33.3 Å². The van der Waals surface area contributed by atoms with Gasteiger partial charge in [0, 0.05) is 18.8 Å². The topological polar surface area (TPSA) is 23.4 Å². The van der Waals surface area contributed by atoms with Crippen molar-refractivity contribution in [3.8, 4) is 0 Å². The molecule has 0 N–H and O–H groups in total. The van der Waals surface area contributed by atoms with E-state index in [1.165, 1.54) is 6.07 Å². The lowest BCUT2D eigenvalue weighted by Crippen LogP contribution is -2.41. The number of nitrogens with zero attached hydrogens (tertiary/aromatic N) is 1. The standard InChI is InChI=1S/C16H19BF3NO2/c1-14(2)15(3,4)23-17(22-14)12-8-10-6-7-21(5)13(10)9-11(12)16(18,19)20/h6-9H,1-5H3. The molecule has 2 aromatic rings. The molecule has 0 saturated carbocycles. The van der Waals surface area contributed by atoms with Crippen LogP contribution in [0, 0.1) is 0 Å². The third kappa shape index (κ3) is 2.56. The predicted molar refractivity (Wildman–Crippen MR) is 83.6 cm³/mol. The first kappa shape index (κ1) is 16.4. The molecule has 1 aromatic heterocycles. The first-order valence-electron chi connectivity index (χ1n) is 7.44. The molecular formula is C16H19BF3NO2. The van der Waals surface area contributed by atoms with E-state index in [9.17, 15) is 13.2 Å². The number of benzene rings is 1. The fourth-order valence-corrected chi connectivity index (χ4v) is 2.74.